The zero-order valence-electron chi connectivity index (χ0n) is 11.7. The topological polar surface area (TPSA) is 0 Å². The summed E-state index contributed by atoms with van der Waals surface area (Å²) < 4.78 is 13.9. The van der Waals surface area contributed by atoms with Crippen molar-refractivity contribution in [3.8, 4) is 0 Å². The monoisotopic (exact) mass is 476 g/mol. The third-order valence-corrected chi connectivity index (χ3v) is 6.51. The second-order valence-corrected chi connectivity index (χ2v) is 7.26. The normalized spacial score (nSPS) is 11.7. The van der Waals surface area contributed by atoms with Gasteiger partial charge in [-0.3, -0.25) is 0 Å². The molecule has 0 nitrogen and oxygen atoms in total. The summed E-state index contributed by atoms with van der Waals surface area (Å²) >= 11 is 10.6. The van der Waals surface area contributed by atoms with Gasteiger partial charge in [0.1, 0.15) is 5.82 Å². The van der Waals surface area contributed by atoms with E-state index in [9.17, 15) is 4.39 Å². The molecular weight excluding hydrogens is 463 g/mol. The maximum Gasteiger partial charge on any atom is 0.137 e. The van der Waals surface area contributed by atoms with Crippen LogP contribution in [0.25, 0.3) is 0 Å². The fourth-order valence-electron chi connectivity index (χ4n) is 2.58. The maximum absolute atomic E-state index is 13.4. The summed E-state index contributed by atoms with van der Waals surface area (Å²) in [5.74, 6) is -0.224. The van der Waals surface area contributed by atoms with Gasteiger partial charge in [0.2, 0.25) is 0 Å². The van der Waals surface area contributed by atoms with Gasteiger partial charge in [-0.15, -0.1) is 0 Å². The van der Waals surface area contributed by atoms with Crippen molar-refractivity contribution in [2.75, 3.05) is 10.7 Å². The molecule has 0 saturated carbocycles. The van der Waals surface area contributed by atoms with Gasteiger partial charge in [-0.05, 0) is 58.1 Å². The molecular formula is C17H16Br3F. The largest absolute Gasteiger partial charge is 0.206 e. The van der Waals surface area contributed by atoms with Crippen molar-refractivity contribution in [2.24, 2.45) is 0 Å². The van der Waals surface area contributed by atoms with Crippen LogP contribution in [-0.2, 0) is 11.8 Å². The van der Waals surface area contributed by atoms with Gasteiger partial charge >= 0.3 is 0 Å². The zero-order chi connectivity index (χ0) is 15.5. The number of benzene rings is 2. The van der Waals surface area contributed by atoms with Crippen molar-refractivity contribution in [1.82, 2.24) is 0 Å². The van der Waals surface area contributed by atoms with E-state index in [-0.39, 0.29) is 11.2 Å². The molecule has 0 bridgehead atoms. The third-order valence-electron chi connectivity index (χ3n) is 3.75. The molecule has 2 aromatic carbocycles. The highest BCUT2D eigenvalue weighted by molar-refractivity contribution is 9.10. The van der Waals surface area contributed by atoms with Crippen LogP contribution in [0, 0.1) is 12.7 Å². The third kappa shape index (κ3) is 3.77. The van der Waals surface area contributed by atoms with Crippen LogP contribution < -0.4 is 0 Å². The van der Waals surface area contributed by atoms with E-state index >= 15 is 0 Å². The summed E-state index contributed by atoms with van der Waals surface area (Å²) in [7, 11) is 0. The minimum absolute atomic E-state index is 0.0530. The summed E-state index contributed by atoms with van der Waals surface area (Å²) in [4.78, 5) is 0. The van der Waals surface area contributed by atoms with Gasteiger partial charge in [-0.25, -0.2) is 4.39 Å². The van der Waals surface area contributed by atoms with Crippen LogP contribution in [0.5, 0.6) is 0 Å². The van der Waals surface area contributed by atoms with E-state index in [4.69, 9.17) is 0 Å². The molecule has 0 amide bonds. The predicted molar refractivity (Wildman–Crippen MR) is 98.2 cm³/mol. The summed E-state index contributed by atoms with van der Waals surface area (Å²) in [6, 6.07) is 13.7. The summed E-state index contributed by atoms with van der Waals surface area (Å²) in [6.07, 6.45) is 0.841. The minimum Gasteiger partial charge on any atom is -0.206 e. The Morgan fingerprint density at radius 3 is 2.29 bits per heavy atom. The first-order chi connectivity index (χ1) is 10.0. The molecule has 21 heavy (non-hydrogen) atoms. The molecule has 0 aliphatic rings. The van der Waals surface area contributed by atoms with E-state index in [1.807, 2.05) is 12.1 Å². The van der Waals surface area contributed by atoms with E-state index < -0.39 is 0 Å². The summed E-state index contributed by atoms with van der Waals surface area (Å²) in [5.41, 5.74) is 3.66. The van der Waals surface area contributed by atoms with Crippen molar-refractivity contribution in [3.63, 3.8) is 0 Å². The Morgan fingerprint density at radius 2 is 1.71 bits per heavy atom. The fourth-order valence-corrected chi connectivity index (χ4v) is 4.93. The summed E-state index contributed by atoms with van der Waals surface area (Å²) in [6.45, 7) is 2.13. The highest BCUT2D eigenvalue weighted by atomic mass is 79.9. The lowest BCUT2D eigenvalue weighted by atomic mass is 9.77. The average molecular weight is 479 g/mol. The molecule has 0 aromatic heterocycles. The molecule has 0 radical (unpaired) electrons. The molecule has 4 heteroatoms. The van der Waals surface area contributed by atoms with Crippen LogP contribution in [0.1, 0.15) is 16.7 Å². The van der Waals surface area contributed by atoms with Gasteiger partial charge < -0.3 is 0 Å². The first-order valence-corrected chi connectivity index (χ1v) is 9.68. The maximum atomic E-state index is 13.4. The van der Waals surface area contributed by atoms with Crippen molar-refractivity contribution in [2.45, 2.75) is 18.8 Å². The van der Waals surface area contributed by atoms with E-state index in [0.29, 0.717) is 4.47 Å². The predicted octanol–water partition coefficient (Wildman–Crippen LogP) is 6.17. The molecule has 0 aliphatic heterocycles. The van der Waals surface area contributed by atoms with E-state index in [2.05, 4.69) is 79.0 Å². The van der Waals surface area contributed by atoms with Crippen LogP contribution >= 0.6 is 47.8 Å². The first kappa shape index (κ1) is 17.2. The molecule has 0 fully saturated rings. The lowest BCUT2D eigenvalue weighted by Crippen LogP contribution is -2.33. The number of aryl methyl sites for hydroxylation is 1. The molecule has 0 aliphatic carbocycles. The molecule has 112 valence electrons. The number of rotatable bonds is 5. The van der Waals surface area contributed by atoms with Crippen molar-refractivity contribution in [1.29, 1.82) is 0 Å². The standard InChI is InChI=1S/C17H16Br3F/c1-12-4-2-3-5-14(12)17(10-18,11-19)9-13-6-7-16(21)15(20)8-13/h2-8H,9-11H2,1H3. The Kier molecular flexibility index (Phi) is 6.04. The number of hydrogen-bond acceptors (Lipinski definition) is 0. The van der Waals surface area contributed by atoms with Gasteiger partial charge in [0.25, 0.3) is 0 Å². The molecule has 0 saturated heterocycles. The number of halogens is 4. The Labute approximate surface area is 150 Å². The van der Waals surface area contributed by atoms with Gasteiger partial charge in [0.15, 0.2) is 0 Å². The highest BCUT2D eigenvalue weighted by Gasteiger charge is 2.31. The van der Waals surface area contributed by atoms with Gasteiger partial charge in [0, 0.05) is 16.1 Å². The van der Waals surface area contributed by atoms with Crippen LogP contribution in [0.15, 0.2) is 46.9 Å². The summed E-state index contributed by atoms with van der Waals surface area (Å²) in [5, 5.41) is 1.68. The zero-order valence-corrected chi connectivity index (χ0v) is 16.4. The Morgan fingerprint density at radius 1 is 1.05 bits per heavy atom. The Bertz CT molecular complexity index is 621. The number of hydrogen-bond donors (Lipinski definition) is 0. The minimum atomic E-state index is -0.224. The van der Waals surface area contributed by atoms with Crippen LogP contribution in [0.4, 0.5) is 4.39 Å². The van der Waals surface area contributed by atoms with Gasteiger partial charge in [-0.2, -0.15) is 0 Å². The first-order valence-electron chi connectivity index (χ1n) is 6.64. The smallest absolute Gasteiger partial charge is 0.137 e. The fraction of sp³-hybridized carbons (Fsp3) is 0.294. The van der Waals surface area contributed by atoms with Crippen molar-refractivity contribution in [3.05, 3.63) is 69.4 Å². The van der Waals surface area contributed by atoms with Gasteiger partial charge in [-0.1, -0.05) is 62.2 Å². The molecule has 0 spiro atoms. The Hall–Kier alpha value is -0.190. The lowest BCUT2D eigenvalue weighted by molar-refractivity contribution is 0.545. The van der Waals surface area contributed by atoms with E-state index in [1.165, 1.54) is 17.2 Å². The van der Waals surface area contributed by atoms with E-state index in [1.54, 1.807) is 0 Å². The molecule has 0 heterocycles. The second-order valence-electron chi connectivity index (χ2n) is 5.29. The SMILES string of the molecule is Cc1ccccc1C(CBr)(CBr)Cc1ccc(F)c(Br)c1. The molecule has 2 aromatic rings. The highest BCUT2D eigenvalue weighted by Crippen LogP contribution is 2.35. The molecule has 2 rings (SSSR count). The van der Waals surface area contributed by atoms with Crippen molar-refractivity contribution >= 4 is 47.8 Å². The van der Waals surface area contributed by atoms with Crippen molar-refractivity contribution < 1.29 is 4.39 Å². The van der Waals surface area contributed by atoms with Crippen LogP contribution in [0.2, 0.25) is 0 Å². The number of alkyl halides is 2. The Balaban J connectivity index is 2.43. The molecule has 0 N–H and O–H groups in total. The lowest BCUT2D eigenvalue weighted by Gasteiger charge is -2.32. The molecule has 0 unspecified atom stereocenters. The van der Waals surface area contributed by atoms with Gasteiger partial charge in [0.05, 0.1) is 4.47 Å². The average Bonchev–Trinajstić information content (AvgIpc) is 2.49. The quantitative estimate of drug-likeness (QED) is 0.451. The van der Waals surface area contributed by atoms with E-state index in [0.717, 1.165) is 22.6 Å². The second kappa shape index (κ2) is 7.38. The molecule has 0 atom stereocenters. The van der Waals surface area contributed by atoms with Crippen LogP contribution in [-0.4, -0.2) is 10.7 Å². The van der Waals surface area contributed by atoms with Crippen LogP contribution in [0.3, 0.4) is 0 Å².